The molecule has 0 radical (unpaired) electrons. The van der Waals surface area contributed by atoms with Gasteiger partial charge in [0, 0.05) is 10.7 Å². The first-order valence-corrected chi connectivity index (χ1v) is 4.62. The van der Waals surface area contributed by atoms with Gasteiger partial charge in [-0.3, -0.25) is 4.98 Å². The summed E-state index contributed by atoms with van der Waals surface area (Å²) < 4.78 is 0.806. The van der Waals surface area contributed by atoms with Crippen LogP contribution in [0.5, 0.6) is 0 Å². The highest BCUT2D eigenvalue weighted by molar-refractivity contribution is 9.10. The number of aromatic nitrogens is 1. The number of hydrogen-bond acceptors (Lipinski definition) is 2. The van der Waals surface area contributed by atoms with Gasteiger partial charge < -0.3 is 5.11 Å². The third-order valence-electron chi connectivity index (χ3n) is 1.39. The van der Waals surface area contributed by atoms with E-state index in [1.165, 1.54) is 0 Å². The summed E-state index contributed by atoms with van der Waals surface area (Å²) in [5.41, 5.74) is -0.495. The van der Waals surface area contributed by atoms with Crippen molar-refractivity contribution >= 4 is 27.5 Å². The normalized spacial score (nSPS) is 11.8. The first-order chi connectivity index (χ1) is 5.41. The highest BCUT2D eigenvalue weighted by Gasteiger charge is 2.20. The number of rotatable bonds is 1. The Labute approximate surface area is 84.7 Å². The number of hydrogen-bond donors (Lipinski definition) is 1. The topological polar surface area (TPSA) is 33.1 Å². The lowest BCUT2D eigenvalue weighted by atomic mass is 10.1. The molecule has 0 spiro atoms. The Morgan fingerprint density at radius 3 is 2.58 bits per heavy atom. The minimum absolute atomic E-state index is 0.469. The molecule has 1 aromatic rings. The Balaban J connectivity index is 3.19. The molecule has 12 heavy (non-hydrogen) atoms. The van der Waals surface area contributed by atoms with Gasteiger partial charge in [-0.05, 0) is 35.8 Å². The Kier molecular flexibility index (Phi) is 2.76. The maximum absolute atomic E-state index is 9.60. The first-order valence-electron chi connectivity index (χ1n) is 3.45. The molecule has 0 atom stereocenters. The smallest absolute Gasteiger partial charge is 0.102 e. The fourth-order valence-electron chi connectivity index (χ4n) is 0.865. The molecule has 0 aromatic carbocycles. The van der Waals surface area contributed by atoms with E-state index in [-0.39, 0.29) is 0 Å². The van der Waals surface area contributed by atoms with Gasteiger partial charge >= 0.3 is 0 Å². The van der Waals surface area contributed by atoms with Crippen molar-refractivity contribution in [2.75, 3.05) is 0 Å². The molecule has 0 unspecified atom stereocenters. The molecule has 2 nitrogen and oxygen atoms in total. The minimum atomic E-state index is -0.988. The predicted octanol–water partition coefficient (Wildman–Crippen LogP) is 2.72. The van der Waals surface area contributed by atoms with Gasteiger partial charge in [0.25, 0.3) is 0 Å². The standard InChI is InChI=1S/C8H9BrClNO/c1-8(2,12)7-6(10)3-5(9)4-11-7/h3-4,12H,1-2H3. The molecule has 1 heterocycles. The van der Waals surface area contributed by atoms with Crippen molar-refractivity contribution in [3.05, 3.63) is 27.5 Å². The summed E-state index contributed by atoms with van der Waals surface area (Å²) in [5.74, 6) is 0. The Morgan fingerprint density at radius 1 is 1.58 bits per heavy atom. The molecule has 0 bridgehead atoms. The fraction of sp³-hybridized carbons (Fsp3) is 0.375. The zero-order chi connectivity index (χ0) is 9.35. The molecule has 1 rings (SSSR count). The average Bonchev–Trinajstić information content (AvgIpc) is 1.83. The Bertz CT molecular complexity index is 296. The summed E-state index contributed by atoms with van der Waals surface area (Å²) in [6.07, 6.45) is 1.61. The second-order valence-electron chi connectivity index (χ2n) is 3.04. The quantitative estimate of drug-likeness (QED) is 0.831. The van der Waals surface area contributed by atoms with E-state index in [1.807, 2.05) is 0 Å². The Morgan fingerprint density at radius 2 is 2.17 bits per heavy atom. The van der Waals surface area contributed by atoms with E-state index in [1.54, 1.807) is 26.1 Å². The van der Waals surface area contributed by atoms with Crippen molar-refractivity contribution in [3.63, 3.8) is 0 Å². The molecule has 0 amide bonds. The third-order valence-corrected chi connectivity index (χ3v) is 2.11. The van der Waals surface area contributed by atoms with Crippen molar-refractivity contribution in [2.24, 2.45) is 0 Å². The third kappa shape index (κ3) is 2.19. The van der Waals surface area contributed by atoms with Crippen LogP contribution < -0.4 is 0 Å². The van der Waals surface area contributed by atoms with Gasteiger partial charge in [-0.2, -0.15) is 0 Å². The number of pyridine rings is 1. The van der Waals surface area contributed by atoms with Crippen molar-refractivity contribution in [3.8, 4) is 0 Å². The molecule has 4 heteroatoms. The van der Waals surface area contributed by atoms with E-state index in [0.717, 1.165) is 4.47 Å². The van der Waals surface area contributed by atoms with Gasteiger partial charge in [0.1, 0.15) is 5.60 Å². The van der Waals surface area contributed by atoms with E-state index in [4.69, 9.17) is 11.6 Å². The average molecular weight is 251 g/mol. The molecule has 0 aliphatic carbocycles. The molecule has 0 aliphatic rings. The summed E-state index contributed by atoms with van der Waals surface area (Å²) in [4.78, 5) is 4.02. The summed E-state index contributed by atoms with van der Waals surface area (Å²) in [5, 5.41) is 10.1. The SMILES string of the molecule is CC(C)(O)c1ncc(Br)cc1Cl. The fourth-order valence-corrected chi connectivity index (χ4v) is 1.73. The van der Waals surface area contributed by atoms with Crippen LogP contribution in [-0.4, -0.2) is 10.1 Å². The van der Waals surface area contributed by atoms with E-state index in [0.29, 0.717) is 10.7 Å². The highest BCUT2D eigenvalue weighted by atomic mass is 79.9. The molecule has 0 saturated carbocycles. The minimum Gasteiger partial charge on any atom is -0.384 e. The summed E-state index contributed by atoms with van der Waals surface area (Å²) in [7, 11) is 0. The highest BCUT2D eigenvalue weighted by Crippen LogP contribution is 2.27. The van der Waals surface area contributed by atoms with Crippen LogP contribution in [-0.2, 0) is 5.60 Å². The maximum Gasteiger partial charge on any atom is 0.102 e. The number of nitrogens with zero attached hydrogens (tertiary/aromatic N) is 1. The van der Waals surface area contributed by atoms with Crippen molar-refractivity contribution in [1.82, 2.24) is 4.98 Å². The van der Waals surface area contributed by atoms with Crippen LogP contribution in [0.25, 0.3) is 0 Å². The van der Waals surface area contributed by atoms with Gasteiger partial charge in [-0.1, -0.05) is 11.6 Å². The molecule has 66 valence electrons. The zero-order valence-electron chi connectivity index (χ0n) is 6.81. The van der Waals surface area contributed by atoms with Crippen LogP contribution in [0.15, 0.2) is 16.7 Å². The van der Waals surface area contributed by atoms with Gasteiger partial charge in [0.15, 0.2) is 0 Å². The first kappa shape index (κ1) is 9.96. The molecule has 1 aromatic heterocycles. The monoisotopic (exact) mass is 249 g/mol. The number of halogens is 2. The summed E-state index contributed by atoms with van der Waals surface area (Å²) in [6.45, 7) is 3.30. The second kappa shape index (κ2) is 3.32. The lowest BCUT2D eigenvalue weighted by molar-refractivity contribution is 0.0739. The van der Waals surface area contributed by atoms with Crippen LogP contribution in [0.4, 0.5) is 0 Å². The molecular formula is C8H9BrClNO. The van der Waals surface area contributed by atoms with Crippen molar-refractivity contribution < 1.29 is 5.11 Å². The zero-order valence-corrected chi connectivity index (χ0v) is 9.15. The second-order valence-corrected chi connectivity index (χ2v) is 4.37. The summed E-state index contributed by atoms with van der Waals surface area (Å²) >= 11 is 9.10. The van der Waals surface area contributed by atoms with Gasteiger partial charge in [-0.15, -0.1) is 0 Å². The van der Waals surface area contributed by atoms with Crippen LogP contribution in [0.3, 0.4) is 0 Å². The van der Waals surface area contributed by atoms with Crippen molar-refractivity contribution in [1.29, 1.82) is 0 Å². The van der Waals surface area contributed by atoms with E-state index in [2.05, 4.69) is 20.9 Å². The van der Waals surface area contributed by atoms with Crippen LogP contribution in [0.1, 0.15) is 19.5 Å². The van der Waals surface area contributed by atoms with Crippen LogP contribution >= 0.6 is 27.5 Å². The summed E-state index contributed by atoms with van der Waals surface area (Å²) in [6, 6.07) is 1.71. The predicted molar refractivity (Wildman–Crippen MR) is 52.2 cm³/mol. The van der Waals surface area contributed by atoms with Crippen LogP contribution in [0, 0.1) is 0 Å². The molecule has 0 saturated heterocycles. The lowest BCUT2D eigenvalue weighted by Crippen LogP contribution is -2.17. The number of aliphatic hydroxyl groups is 1. The molecule has 0 aliphatic heterocycles. The van der Waals surface area contributed by atoms with Gasteiger partial charge in [-0.25, -0.2) is 0 Å². The van der Waals surface area contributed by atoms with E-state index >= 15 is 0 Å². The molecule has 1 N–H and O–H groups in total. The van der Waals surface area contributed by atoms with E-state index < -0.39 is 5.60 Å². The lowest BCUT2D eigenvalue weighted by Gasteiger charge is -2.17. The van der Waals surface area contributed by atoms with Gasteiger partial charge in [0.05, 0.1) is 10.7 Å². The maximum atomic E-state index is 9.60. The molecule has 0 fully saturated rings. The largest absolute Gasteiger partial charge is 0.384 e. The Hall–Kier alpha value is -0.120. The van der Waals surface area contributed by atoms with E-state index in [9.17, 15) is 5.11 Å². The molecular weight excluding hydrogens is 241 g/mol. The van der Waals surface area contributed by atoms with Crippen molar-refractivity contribution in [2.45, 2.75) is 19.4 Å². The van der Waals surface area contributed by atoms with Gasteiger partial charge in [0.2, 0.25) is 0 Å². The van der Waals surface area contributed by atoms with Crippen LogP contribution in [0.2, 0.25) is 5.02 Å².